The molecule has 1 aliphatic rings. The maximum atomic E-state index is 13.8. The summed E-state index contributed by atoms with van der Waals surface area (Å²) >= 11 is 0. The van der Waals surface area contributed by atoms with E-state index in [0.717, 1.165) is 27.8 Å². The van der Waals surface area contributed by atoms with Crippen LogP contribution in [0.3, 0.4) is 0 Å². The summed E-state index contributed by atoms with van der Waals surface area (Å²) in [6.07, 6.45) is 6.13. The number of benzene rings is 2. The molecule has 0 saturated carbocycles. The molecule has 0 unspecified atom stereocenters. The summed E-state index contributed by atoms with van der Waals surface area (Å²) in [6.45, 7) is 4.40. The van der Waals surface area contributed by atoms with E-state index < -0.39 is 18.2 Å². The highest BCUT2D eigenvalue weighted by Crippen LogP contribution is 2.45. The number of aliphatic hydroxyl groups is 1. The van der Waals surface area contributed by atoms with Crippen LogP contribution in [0.5, 0.6) is 11.5 Å². The average Bonchev–Trinajstić information content (AvgIpc) is 2.86. The molecule has 0 spiro atoms. The molecular formula is C29H30FNO5. The largest absolute Gasteiger partial charge is 0.493 e. The number of ether oxygens (including phenoxy) is 3. The van der Waals surface area contributed by atoms with Crippen LogP contribution in [0, 0.1) is 5.82 Å². The molecule has 1 aromatic heterocycles. The summed E-state index contributed by atoms with van der Waals surface area (Å²) < 4.78 is 31.3. The Bertz CT molecular complexity index is 1220. The van der Waals surface area contributed by atoms with Crippen molar-refractivity contribution in [1.29, 1.82) is 0 Å². The molecule has 1 saturated heterocycles. The second kappa shape index (κ2) is 11.4. The molecule has 0 amide bonds. The first kappa shape index (κ1) is 25.4. The van der Waals surface area contributed by atoms with Gasteiger partial charge < -0.3 is 19.3 Å². The van der Waals surface area contributed by atoms with Gasteiger partial charge in [-0.25, -0.2) is 4.39 Å². The number of aromatic nitrogens is 1. The molecule has 2 heterocycles. The van der Waals surface area contributed by atoms with Crippen molar-refractivity contribution >= 4 is 12.0 Å². The van der Waals surface area contributed by atoms with E-state index in [2.05, 4.69) is 18.8 Å². The van der Waals surface area contributed by atoms with Gasteiger partial charge in [-0.05, 0) is 52.9 Å². The number of aliphatic hydroxyl groups excluding tert-OH is 1. The lowest BCUT2D eigenvalue weighted by Crippen LogP contribution is -2.31. The summed E-state index contributed by atoms with van der Waals surface area (Å²) in [5.41, 5.74) is 4.20. The Morgan fingerprint density at radius 3 is 2.67 bits per heavy atom. The molecule has 1 aliphatic heterocycles. The predicted molar refractivity (Wildman–Crippen MR) is 135 cm³/mol. The molecule has 7 heteroatoms. The number of carbonyl (C=O) groups excluding carboxylic acids is 1. The highest BCUT2D eigenvalue weighted by molar-refractivity contribution is 5.85. The van der Waals surface area contributed by atoms with Gasteiger partial charge in [0.15, 0.2) is 11.5 Å². The monoisotopic (exact) mass is 491 g/mol. The van der Waals surface area contributed by atoms with Crippen molar-refractivity contribution in [3.8, 4) is 22.6 Å². The number of rotatable bonds is 8. The van der Waals surface area contributed by atoms with Crippen molar-refractivity contribution in [1.82, 2.24) is 4.98 Å². The average molecular weight is 492 g/mol. The van der Waals surface area contributed by atoms with Gasteiger partial charge in [0.25, 0.3) is 0 Å². The Balaban J connectivity index is 1.86. The van der Waals surface area contributed by atoms with Gasteiger partial charge in [-0.1, -0.05) is 38.1 Å². The molecule has 188 valence electrons. The molecule has 4 rings (SSSR count). The maximum Gasteiger partial charge on any atom is 0.309 e. The Morgan fingerprint density at radius 2 is 2.03 bits per heavy atom. The zero-order valence-corrected chi connectivity index (χ0v) is 20.6. The van der Waals surface area contributed by atoms with Crippen LogP contribution in [0.15, 0.2) is 60.9 Å². The van der Waals surface area contributed by atoms with E-state index in [1.54, 1.807) is 37.7 Å². The molecule has 0 aliphatic carbocycles. The highest BCUT2D eigenvalue weighted by atomic mass is 19.1. The minimum atomic E-state index is -0.740. The molecule has 3 aromatic rings. The fourth-order valence-electron chi connectivity index (χ4n) is 4.30. The SMILES string of the molecule is COc1cc(C(C)C)c(/C=C/[C@@H]2C[C@@H](O)CC(=O)O2)c(-c2ccc(F)cc2)c1OCc1cccnc1. The van der Waals surface area contributed by atoms with Crippen LogP contribution in [-0.2, 0) is 16.1 Å². The zero-order valence-electron chi connectivity index (χ0n) is 20.6. The number of halogens is 1. The summed E-state index contributed by atoms with van der Waals surface area (Å²) in [5, 5.41) is 10.0. The Labute approximate surface area is 210 Å². The number of nitrogens with zero attached hydrogens (tertiary/aromatic N) is 1. The van der Waals surface area contributed by atoms with Gasteiger partial charge in [-0.15, -0.1) is 0 Å². The summed E-state index contributed by atoms with van der Waals surface area (Å²) in [7, 11) is 1.59. The summed E-state index contributed by atoms with van der Waals surface area (Å²) in [5.74, 6) is 0.408. The molecule has 0 radical (unpaired) electrons. The normalized spacial score (nSPS) is 17.9. The van der Waals surface area contributed by atoms with Gasteiger partial charge in [-0.3, -0.25) is 9.78 Å². The van der Waals surface area contributed by atoms with Gasteiger partial charge in [-0.2, -0.15) is 0 Å². The van der Waals surface area contributed by atoms with Crippen molar-refractivity contribution in [2.45, 2.75) is 51.4 Å². The van der Waals surface area contributed by atoms with Crippen molar-refractivity contribution < 1.29 is 28.5 Å². The van der Waals surface area contributed by atoms with Crippen molar-refractivity contribution in [2.75, 3.05) is 7.11 Å². The van der Waals surface area contributed by atoms with Crippen LogP contribution in [0.4, 0.5) is 4.39 Å². The standard InChI is InChI=1S/C29H30FNO5/c1-18(2)25-15-26(34-3)29(35-17-19-5-4-12-31-16-19)28(20-6-8-21(30)9-7-20)24(25)11-10-23-13-22(32)14-27(33)36-23/h4-12,15-16,18,22-23,32H,13-14,17H2,1-3H3/b11-10+/t22-,23-/m1/s1. The third-order valence-corrected chi connectivity index (χ3v) is 6.07. The second-order valence-corrected chi connectivity index (χ2v) is 9.08. The fourth-order valence-corrected chi connectivity index (χ4v) is 4.30. The fraction of sp³-hybridized carbons (Fsp3) is 0.310. The number of pyridine rings is 1. The van der Waals surface area contributed by atoms with E-state index in [9.17, 15) is 14.3 Å². The van der Waals surface area contributed by atoms with Crippen LogP contribution in [0.2, 0.25) is 0 Å². The van der Waals surface area contributed by atoms with Gasteiger partial charge in [0.05, 0.1) is 19.6 Å². The number of hydrogen-bond donors (Lipinski definition) is 1. The Morgan fingerprint density at radius 1 is 1.25 bits per heavy atom. The lowest BCUT2D eigenvalue weighted by Gasteiger charge is -2.25. The number of methoxy groups -OCH3 is 1. The van der Waals surface area contributed by atoms with Gasteiger partial charge in [0.2, 0.25) is 0 Å². The van der Waals surface area contributed by atoms with E-state index >= 15 is 0 Å². The number of hydrogen-bond acceptors (Lipinski definition) is 6. The summed E-state index contributed by atoms with van der Waals surface area (Å²) in [4.78, 5) is 16.0. The van der Waals surface area contributed by atoms with Gasteiger partial charge in [0, 0.05) is 29.9 Å². The number of esters is 1. The maximum absolute atomic E-state index is 13.8. The first-order valence-electron chi connectivity index (χ1n) is 11.9. The quantitative estimate of drug-likeness (QED) is 0.409. The minimum Gasteiger partial charge on any atom is -0.493 e. The second-order valence-electron chi connectivity index (χ2n) is 9.08. The van der Waals surface area contributed by atoms with E-state index in [-0.39, 0.29) is 24.8 Å². The molecule has 1 fully saturated rings. The third-order valence-electron chi connectivity index (χ3n) is 6.07. The molecule has 2 atom stereocenters. The van der Waals surface area contributed by atoms with E-state index in [1.807, 2.05) is 24.3 Å². The lowest BCUT2D eigenvalue weighted by atomic mass is 9.88. The number of carbonyl (C=O) groups is 1. The zero-order chi connectivity index (χ0) is 25.7. The van der Waals surface area contributed by atoms with Crippen molar-refractivity contribution in [2.24, 2.45) is 0 Å². The first-order valence-corrected chi connectivity index (χ1v) is 11.9. The van der Waals surface area contributed by atoms with E-state index in [1.165, 1.54) is 12.1 Å². The van der Waals surface area contributed by atoms with Crippen molar-refractivity contribution in [3.63, 3.8) is 0 Å². The molecule has 36 heavy (non-hydrogen) atoms. The Kier molecular flexibility index (Phi) is 8.00. The molecule has 6 nitrogen and oxygen atoms in total. The van der Waals surface area contributed by atoms with Gasteiger partial charge in [0.1, 0.15) is 18.5 Å². The van der Waals surface area contributed by atoms with Crippen LogP contribution < -0.4 is 9.47 Å². The topological polar surface area (TPSA) is 77.9 Å². The smallest absolute Gasteiger partial charge is 0.309 e. The predicted octanol–water partition coefficient (Wildman–Crippen LogP) is 5.68. The minimum absolute atomic E-state index is 0.00270. The van der Waals surface area contributed by atoms with Crippen molar-refractivity contribution in [3.05, 3.63) is 83.4 Å². The van der Waals surface area contributed by atoms with Crippen LogP contribution in [-0.4, -0.2) is 35.4 Å². The van der Waals surface area contributed by atoms with Crippen LogP contribution >= 0.6 is 0 Å². The van der Waals surface area contributed by atoms with E-state index in [0.29, 0.717) is 17.9 Å². The third kappa shape index (κ3) is 5.91. The van der Waals surface area contributed by atoms with Crippen LogP contribution in [0.25, 0.3) is 17.2 Å². The molecule has 0 bridgehead atoms. The first-order chi connectivity index (χ1) is 17.4. The summed E-state index contributed by atoms with van der Waals surface area (Å²) in [6, 6.07) is 11.9. The van der Waals surface area contributed by atoms with E-state index in [4.69, 9.17) is 14.2 Å². The highest BCUT2D eigenvalue weighted by Gasteiger charge is 2.26. The lowest BCUT2D eigenvalue weighted by molar-refractivity contribution is -0.156. The Hall–Kier alpha value is -3.71. The molecular weight excluding hydrogens is 461 g/mol. The molecule has 1 N–H and O–H groups in total. The van der Waals surface area contributed by atoms with Crippen LogP contribution in [0.1, 0.15) is 49.3 Å². The molecule has 2 aromatic carbocycles. The van der Waals surface area contributed by atoms with Gasteiger partial charge >= 0.3 is 5.97 Å². The number of cyclic esters (lactones) is 1.